The lowest BCUT2D eigenvalue weighted by molar-refractivity contribution is 0.204. The van der Waals surface area contributed by atoms with Gasteiger partial charge in [-0.2, -0.15) is 0 Å². The van der Waals surface area contributed by atoms with Gasteiger partial charge in [-0.25, -0.2) is 0 Å². The summed E-state index contributed by atoms with van der Waals surface area (Å²) in [4.78, 5) is 2.30. The molecule has 100 valence electrons. The first-order chi connectivity index (χ1) is 8.52. The fourth-order valence-electron chi connectivity index (χ4n) is 3.15. The second-order valence-corrected chi connectivity index (χ2v) is 6.78. The van der Waals surface area contributed by atoms with Crippen molar-refractivity contribution in [1.82, 2.24) is 4.90 Å². The van der Waals surface area contributed by atoms with Crippen LogP contribution in [0.4, 0.5) is 0 Å². The van der Waals surface area contributed by atoms with Gasteiger partial charge in [0.05, 0.1) is 0 Å². The molecule has 0 bridgehead atoms. The minimum Gasteiger partial charge on any atom is -0.328 e. The van der Waals surface area contributed by atoms with Gasteiger partial charge in [-0.05, 0) is 57.5 Å². The maximum absolute atomic E-state index is 6.07. The van der Waals surface area contributed by atoms with Crippen molar-refractivity contribution < 1.29 is 0 Å². The summed E-state index contributed by atoms with van der Waals surface area (Å²) in [7, 11) is 4.32. The highest BCUT2D eigenvalue weighted by atomic mass is 79.9. The fourth-order valence-corrected chi connectivity index (χ4v) is 3.55. The third-order valence-electron chi connectivity index (χ3n) is 4.04. The number of hydrogen-bond donors (Lipinski definition) is 1. The monoisotopic (exact) mass is 310 g/mol. The Labute approximate surface area is 119 Å². The van der Waals surface area contributed by atoms with E-state index in [4.69, 9.17) is 5.73 Å². The van der Waals surface area contributed by atoms with Gasteiger partial charge in [0.15, 0.2) is 0 Å². The predicted molar refractivity (Wildman–Crippen MR) is 80.8 cm³/mol. The van der Waals surface area contributed by atoms with Gasteiger partial charge in [0.25, 0.3) is 0 Å². The minimum absolute atomic E-state index is 0.281. The average Bonchev–Trinajstić information content (AvgIpc) is 2.32. The zero-order chi connectivity index (χ0) is 13.2. The zero-order valence-corrected chi connectivity index (χ0v) is 12.9. The summed E-state index contributed by atoms with van der Waals surface area (Å²) < 4.78 is 1.17. The van der Waals surface area contributed by atoms with Crippen LogP contribution in [0, 0.1) is 0 Å². The molecule has 0 unspecified atom stereocenters. The van der Waals surface area contributed by atoms with Crippen LogP contribution >= 0.6 is 15.9 Å². The summed E-state index contributed by atoms with van der Waals surface area (Å²) >= 11 is 3.59. The smallest absolute Gasteiger partial charge is 0.0178 e. The van der Waals surface area contributed by atoms with Crippen LogP contribution in [0.5, 0.6) is 0 Å². The van der Waals surface area contributed by atoms with Crippen LogP contribution in [0.15, 0.2) is 28.7 Å². The van der Waals surface area contributed by atoms with Crippen molar-refractivity contribution in [3.63, 3.8) is 0 Å². The molecule has 0 saturated heterocycles. The molecule has 0 amide bonds. The molecule has 1 aromatic carbocycles. The van der Waals surface area contributed by atoms with Crippen LogP contribution in [-0.2, 0) is 5.41 Å². The fraction of sp³-hybridized carbons (Fsp3) is 0.600. The Kier molecular flexibility index (Phi) is 4.46. The van der Waals surface area contributed by atoms with Crippen molar-refractivity contribution >= 4 is 15.9 Å². The molecule has 3 heteroatoms. The van der Waals surface area contributed by atoms with Crippen molar-refractivity contribution in [1.29, 1.82) is 0 Å². The van der Waals surface area contributed by atoms with Crippen LogP contribution < -0.4 is 5.73 Å². The summed E-state index contributed by atoms with van der Waals surface area (Å²) in [5.74, 6) is 0. The maximum atomic E-state index is 6.07. The van der Waals surface area contributed by atoms with E-state index in [9.17, 15) is 0 Å². The van der Waals surface area contributed by atoms with E-state index in [2.05, 4.69) is 59.2 Å². The molecule has 2 N–H and O–H groups in total. The van der Waals surface area contributed by atoms with Crippen molar-refractivity contribution in [2.24, 2.45) is 5.73 Å². The molecule has 1 saturated carbocycles. The van der Waals surface area contributed by atoms with Crippen LogP contribution in [0.2, 0.25) is 0 Å². The summed E-state index contributed by atoms with van der Waals surface area (Å²) in [5.41, 5.74) is 7.81. The standard InChI is InChI=1S/C15H23BrN2/c1-18(2)11-15(8-6-14(17)7-9-15)12-4-3-5-13(16)10-12/h3-5,10,14H,6-9,11,17H2,1-2H3. The molecular weight excluding hydrogens is 288 g/mol. The molecule has 1 fully saturated rings. The minimum atomic E-state index is 0.281. The van der Waals surface area contributed by atoms with E-state index in [1.54, 1.807) is 0 Å². The highest BCUT2D eigenvalue weighted by molar-refractivity contribution is 9.10. The Morgan fingerprint density at radius 3 is 2.56 bits per heavy atom. The van der Waals surface area contributed by atoms with Crippen LogP contribution in [0.25, 0.3) is 0 Å². The molecule has 0 aromatic heterocycles. The van der Waals surface area contributed by atoms with Gasteiger partial charge in [-0.3, -0.25) is 0 Å². The average molecular weight is 311 g/mol. The highest BCUT2D eigenvalue weighted by Crippen LogP contribution is 2.40. The number of rotatable bonds is 3. The molecule has 1 aliphatic carbocycles. The van der Waals surface area contributed by atoms with E-state index < -0.39 is 0 Å². The van der Waals surface area contributed by atoms with E-state index in [0.717, 1.165) is 19.4 Å². The Balaban J connectivity index is 2.30. The number of hydrogen-bond acceptors (Lipinski definition) is 2. The molecule has 0 radical (unpaired) electrons. The Hall–Kier alpha value is -0.380. The third kappa shape index (κ3) is 3.14. The lowest BCUT2D eigenvalue weighted by atomic mass is 9.68. The van der Waals surface area contributed by atoms with Crippen molar-refractivity contribution in [2.45, 2.75) is 37.1 Å². The topological polar surface area (TPSA) is 29.3 Å². The Bertz CT molecular complexity index is 395. The van der Waals surface area contributed by atoms with E-state index >= 15 is 0 Å². The lowest BCUT2D eigenvalue weighted by Gasteiger charge is -2.41. The molecule has 18 heavy (non-hydrogen) atoms. The van der Waals surface area contributed by atoms with Gasteiger partial charge >= 0.3 is 0 Å². The van der Waals surface area contributed by atoms with Gasteiger partial charge < -0.3 is 10.6 Å². The summed E-state index contributed by atoms with van der Waals surface area (Å²) in [5, 5.41) is 0. The summed E-state index contributed by atoms with van der Waals surface area (Å²) in [6.07, 6.45) is 4.67. The summed E-state index contributed by atoms with van der Waals surface area (Å²) in [6, 6.07) is 9.19. The first-order valence-electron chi connectivity index (χ1n) is 6.68. The van der Waals surface area contributed by atoms with E-state index in [1.165, 1.54) is 22.9 Å². The molecule has 2 rings (SSSR count). The molecule has 0 heterocycles. The van der Waals surface area contributed by atoms with Crippen LogP contribution in [0.3, 0.4) is 0 Å². The first kappa shape index (κ1) is 14.0. The van der Waals surface area contributed by atoms with Crippen molar-refractivity contribution in [3.8, 4) is 0 Å². The number of nitrogens with two attached hydrogens (primary N) is 1. The van der Waals surface area contributed by atoms with Gasteiger partial charge in [0.2, 0.25) is 0 Å². The van der Waals surface area contributed by atoms with Crippen molar-refractivity contribution in [3.05, 3.63) is 34.3 Å². The summed E-state index contributed by atoms with van der Waals surface area (Å²) in [6.45, 7) is 1.11. The Morgan fingerprint density at radius 2 is 2.00 bits per heavy atom. The van der Waals surface area contributed by atoms with Gasteiger partial charge in [0, 0.05) is 22.5 Å². The van der Waals surface area contributed by atoms with E-state index in [1.807, 2.05) is 0 Å². The lowest BCUT2D eigenvalue weighted by Crippen LogP contribution is -2.43. The van der Waals surface area contributed by atoms with E-state index in [0.29, 0.717) is 6.04 Å². The SMILES string of the molecule is CN(C)CC1(c2cccc(Br)c2)CCC(N)CC1. The predicted octanol–water partition coefficient (Wildman–Crippen LogP) is 3.15. The second-order valence-electron chi connectivity index (χ2n) is 5.87. The van der Waals surface area contributed by atoms with Gasteiger partial charge in [-0.15, -0.1) is 0 Å². The quantitative estimate of drug-likeness (QED) is 0.929. The normalized spacial score (nSPS) is 28.6. The van der Waals surface area contributed by atoms with E-state index in [-0.39, 0.29) is 5.41 Å². The highest BCUT2D eigenvalue weighted by Gasteiger charge is 2.36. The maximum Gasteiger partial charge on any atom is 0.0178 e. The first-order valence-corrected chi connectivity index (χ1v) is 7.47. The Morgan fingerprint density at radius 1 is 1.33 bits per heavy atom. The van der Waals surface area contributed by atoms with Crippen LogP contribution in [0.1, 0.15) is 31.2 Å². The molecule has 0 aliphatic heterocycles. The van der Waals surface area contributed by atoms with Gasteiger partial charge in [0.1, 0.15) is 0 Å². The number of benzene rings is 1. The molecule has 0 spiro atoms. The number of halogens is 1. The molecule has 2 nitrogen and oxygen atoms in total. The molecular formula is C15H23BrN2. The second kappa shape index (κ2) is 5.72. The van der Waals surface area contributed by atoms with Gasteiger partial charge in [-0.1, -0.05) is 28.1 Å². The largest absolute Gasteiger partial charge is 0.328 e. The van der Waals surface area contributed by atoms with Crippen molar-refractivity contribution in [2.75, 3.05) is 20.6 Å². The van der Waals surface area contributed by atoms with Crippen LogP contribution in [-0.4, -0.2) is 31.6 Å². The zero-order valence-electron chi connectivity index (χ0n) is 11.3. The molecule has 1 aromatic rings. The number of nitrogens with zero attached hydrogens (tertiary/aromatic N) is 1. The molecule has 1 aliphatic rings. The molecule has 0 atom stereocenters. The third-order valence-corrected chi connectivity index (χ3v) is 4.54. The number of likely N-dealkylation sites (N-methyl/N-ethyl adjacent to an activating group) is 1.